The van der Waals surface area contributed by atoms with Crippen LogP contribution in [0.1, 0.15) is 41.3 Å². The third-order valence-electron chi connectivity index (χ3n) is 5.67. The summed E-state index contributed by atoms with van der Waals surface area (Å²) in [6.45, 7) is 2.48. The zero-order chi connectivity index (χ0) is 22.3. The van der Waals surface area contributed by atoms with E-state index in [1.807, 2.05) is 6.92 Å². The summed E-state index contributed by atoms with van der Waals surface area (Å²) in [6.07, 6.45) is 7.94. The van der Waals surface area contributed by atoms with Crippen molar-refractivity contribution in [3.8, 4) is 5.69 Å². The van der Waals surface area contributed by atoms with Gasteiger partial charge in [-0.15, -0.1) is 0 Å². The summed E-state index contributed by atoms with van der Waals surface area (Å²) in [7, 11) is 0. The van der Waals surface area contributed by atoms with Crippen molar-refractivity contribution in [1.82, 2.24) is 24.3 Å². The molecule has 0 spiro atoms. The Kier molecular flexibility index (Phi) is 4.94. The van der Waals surface area contributed by atoms with Crippen LogP contribution in [-0.2, 0) is 12.1 Å². The Morgan fingerprint density at radius 3 is 2.62 bits per heavy atom. The van der Waals surface area contributed by atoms with Crippen LogP contribution in [0.5, 0.6) is 0 Å². The molecule has 0 saturated heterocycles. The minimum atomic E-state index is -1.33. The maximum absolute atomic E-state index is 14.6. The van der Waals surface area contributed by atoms with E-state index in [-0.39, 0.29) is 11.6 Å². The van der Waals surface area contributed by atoms with Gasteiger partial charge in [0, 0.05) is 12.7 Å². The highest BCUT2D eigenvalue weighted by atomic mass is 19.1. The number of imidazole rings is 1. The zero-order valence-electron chi connectivity index (χ0n) is 17.4. The van der Waals surface area contributed by atoms with Crippen LogP contribution in [-0.4, -0.2) is 29.4 Å². The molecule has 0 amide bonds. The second-order valence-electron chi connectivity index (χ2n) is 7.95. The van der Waals surface area contributed by atoms with E-state index in [1.54, 1.807) is 58.2 Å². The molecule has 1 unspecified atom stereocenters. The number of halogens is 2. The van der Waals surface area contributed by atoms with Gasteiger partial charge in [-0.05, 0) is 61.2 Å². The number of hydrogen-bond acceptors (Lipinski definition) is 4. The van der Waals surface area contributed by atoms with Gasteiger partial charge in [0.25, 0.3) is 0 Å². The van der Waals surface area contributed by atoms with Crippen molar-refractivity contribution in [3.05, 3.63) is 95.1 Å². The topological polar surface area (TPSA) is 68.8 Å². The Bertz CT molecular complexity index is 1310. The Morgan fingerprint density at radius 2 is 1.91 bits per heavy atom. The normalized spacial score (nSPS) is 18.2. The number of fused-ring (bicyclic) bond motifs is 1. The third kappa shape index (κ3) is 3.62. The lowest BCUT2D eigenvalue weighted by molar-refractivity contribution is 0.0394. The first-order valence-corrected chi connectivity index (χ1v) is 10.3. The van der Waals surface area contributed by atoms with E-state index < -0.39 is 5.60 Å². The minimum Gasteiger partial charge on any atom is -0.377 e. The quantitative estimate of drug-likeness (QED) is 0.523. The van der Waals surface area contributed by atoms with E-state index in [9.17, 15) is 13.9 Å². The zero-order valence-corrected chi connectivity index (χ0v) is 17.4. The van der Waals surface area contributed by atoms with Crippen LogP contribution in [0.25, 0.3) is 17.8 Å². The largest absolute Gasteiger partial charge is 0.377 e. The lowest BCUT2D eigenvalue weighted by Gasteiger charge is -2.31. The van der Waals surface area contributed by atoms with Gasteiger partial charge >= 0.3 is 0 Å². The third-order valence-corrected chi connectivity index (χ3v) is 5.67. The maximum Gasteiger partial charge on any atom is 0.174 e. The Hall–Kier alpha value is -3.65. The fourth-order valence-corrected chi connectivity index (χ4v) is 4.05. The molecular weight excluding hydrogens is 412 g/mol. The second kappa shape index (κ2) is 7.80. The Labute approximate surface area is 183 Å². The Morgan fingerprint density at radius 1 is 1.09 bits per heavy atom. The van der Waals surface area contributed by atoms with Gasteiger partial charge in [-0.25, -0.2) is 23.4 Å². The summed E-state index contributed by atoms with van der Waals surface area (Å²) in [5.74, 6) is 0.108. The number of aromatic nitrogens is 5. The van der Waals surface area contributed by atoms with Crippen LogP contribution in [0.3, 0.4) is 0 Å². The predicted molar refractivity (Wildman–Crippen MR) is 116 cm³/mol. The van der Waals surface area contributed by atoms with Gasteiger partial charge in [-0.2, -0.15) is 5.10 Å². The second-order valence-corrected chi connectivity index (χ2v) is 7.95. The van der Waals surface area contributed by atoms with Gasteiger partial charge < -0.3 is 9.67 Å². The number of rotatable bonds is 4. The summed E-state index contributed by atoms with van der Waals surface area (Å²) in [6, 6.07) is 10.7. The van der Waals surface area contributed by atoms with Crippen LogP contribution < -0.4 is 0 Å². The molecule has 0 saturated carbocycles. The SMILES string of the molecule is Cc1cn(-c2ccc(C=Cc3nc4n(n3)CCCC4(O)c3ccc(F)cc3)cc2F)cn1. The summed E-state index contributed by atoms with van der Waals surface area (Å²) >= 11 is 0. The molecule has 6 nitrogen and oxygen atoms in total. The number of aliphatic hydroxyl groups is 1. The molecule has 32 heavy (non-hydrogen) atoms. The van der Waals surface area contributed by atoms with Crippen molar-refractivity contribution >= 4 is 12.2 Å². The van der Waals surface area contributed by atoms with Gasteiger partial charge in [0.1, 0.15) is 17.2 Å². The van der Waals surface area contributed by atoms with Crippen molar-refractivity contribution in [2.75, 3.05) is 0 Å². The average Bonchev–Trinajstić information content (AvgIpc) is 3.40. The Balaban J connectivity index is 1.42. The lowest BCUT2D eigenvalue weighted by atomic mass is 9.86. The number of nitrogens with zero attached hydrogens (tertiary/aromatic N) is 5. The molecule has 2 aromatic heterocycles. The molecule has 1 atom stereocenters. The van der Waals surface area contributed by atoms with Crippen LogP contribution in [0.15, 0.2) is 55.0 Å². The molecule has 3 heterocycles. The van der Waals surface area contributed by atoms with Crippen molar-refractivity contribution < 1.29 is 13.9 Å². The maximum atomic E-state index is 14.6. The van der Waals surface area contributed by atoms with E-state index >= 15 is 0 Å². The molecule has 0 radical (unpaired) electrons. The molecule has 8 heteroatoms. The predicted octanol–water partition coefficient (Wildman–Crippen LogP) is 4.25. The van der Waals surface area contributed by atoms with Crippen LogP contribution in [0.2, 0.25) is 0 Å². The molecule has 1 aliphatic rings. The molecule has 1 aliphatic heterocycles. The van der Waals surface area contributed by atoms with Crippen molar-refractivity contribution in [2.24, 2.45) is 0 Å². The van der Waals surface area contributed by atoms with Gasteiger partial charge in [0.2, 0.25) is 0 Å². The van der Waals surface area contributed by atoms with E-state index in [0.29, 0.717) is 47.8 Å². The van der Waals surface area contributed by atoms with E-state index in [4.69, 9.17) is 0 Å². The highest BCUT2D eigenvalue weighted by Gasteiger charge is 2.39. The first-order valence-electron chi connectivity index (χ1n) is 10.3. The molecular formula is C24H21F2N5O. The number of hydrogen-bond donors (Lipinski definition) is 1. The van der Waals surface area contributed by atoms with Gasteiger partial charge in [-0.3, -0.25) is 0 Å². The summed E-state index contributed by atoms with van der Waals surface area (Å²) in [5.41, 5.74) is 1.13. The first kappa shape index (κ1) is 20.3. The average molecular weight is 433 g/mol. The summed E-state index contributed by atoms with van der Waals surface area (Å²) in [5, 5.41) is 15.8. The minimum absolute atomic E-state index is 0.361. The smallest absolute Gasteiger partial charge is 0.174 e. The van der Waals surface area contributed by atoms with Crippen LogP contribution in [0.4, 0.5) is 8.78 Å². The van der Waals surface area contributed by atoms with E-state index in [2.05, 4.69) is 15.1 Å². The van der Waals surface area contributed by atoms with E-state index in [1.165, 1.54) is 18.2 Å². The van der Waals surface area contributed by atoms with E-state index in [0.717, 1.165) is 5.69 Å². The molecule has 1 N–H and O–H groups in total. The number of aryl methyl sites for hydroxylation is 2. The first-order chi connectivity index (χ1) is 15.4. The van der Waals surface area contributed by atoms with Crippen molar-refractivity contribution in [3.63, 3.8) is 0 Å². The number of benzene rings is 2. The lowest BCUT2D eigenvalue weighted by Crippen LogP contribution is -2.35. The van der Waals surface area contributed by atoms with Crippen LogP contribution >= 0.6 is 0 Å². The van der Waals surface area contributed by atoms with Gasteiger partial charge in [-0.1, -0.05) is 24.3 Å². The van der Waals surface area contributed by atoms with Crippen LogP contribution in [0, 0.1) is 18.6 Å². The standard InChI is InChI=1S/C24H21F2N5O/c1-16-14-30(15-27-16)21-9-3-17(13-20(21)26)4-10-22-28-23-24(32,11-2-12-31(23)29-22)18-5-7-19(25)8-6-18/h3-10,13-15,32H,2,11-12H2,1H3. The van der Waals surface area contributed by atoms with Crippen molar-refractivity contribution in [2.45, 2.75) is 31.9 Å². The molecule has 0 bridgehead atoms. The highest BCUT2D eigenvalue weighted by Crippen LogP contribution is 2.36. The summed E-state index contributed by atoms with van der Waals surface area (Å²) in [4.78, 5) is 8.65. The van der Waals surface area contributed by atoms with Gasteiger partial charge in [0.05, 0.1) is 17.7 Å². The monoisotopic (exact) mass is 433 g/mol. The summed E-state index contributed by atoms with van der Waals surface area (Å²) < 4.78 is 31.2. The molecule has 0 aliphatic carbocycles. The molecule has 2 aromatic carbocycles. The molecule has 0 fully saturated rings. The highest BCUT2D eigenvalue weighted by molar-refractivity contribution is 5.67. The molecule has 4 aromatic rings. The van der Waals surface area contributed by atoms with Crippen molar-refractivity contribution in [1.29, 1.82) is 0 Å². The molecule has 162 valence electrons. The fourth-order valence-electron chi connectivity index (χ4n) is 4.05. The van der Waals surface area contributed by atoms with Gasteiger partial charge in [0.15, 0.2) is 11.6 Å². The fraction of sp³-hybridized carbons (Fsp3) is 0.208. The molecule has 5 rings (SSSR count).